The molecule has 1 N–H and O–H groups in total. The van der Waals surface area contributed by atoms with Crippen molar-refractivity contribution in [3.05, 3.63) is 105 Å². The van der Waals surface area contributed by atoms with Crippen LogP contribution in [0.15, 0.2) is 77.9 Å². The molecule has 0 radical (unpaired) electrons. The van der Waals surface area contributed by atoms with Crippen molar-refractivity contribution < 1.29 is 14.5 Å². The van der Waals surface area contributed by atoms with Crippen molar-refractivity contribution in [3.8, 4) is 5.75 Å². The summed E-state index contributed by atoms with van der Waals surface area (Å²) in [7, 11) is 0. The van der Waals surface area contributed by atoms with Gasteiger partial charge >= 0.3 is 0 Å². The second-order valence-electron chi connectivity index (χ2n) is 6.32. The Balaban J connectivity index is 1.62. The summed E-state index contributed by atoms with van der Waals surface area (Å²) in [5.41, 5.74) is 5.55. The van der Waals surface area contributed by atoms with Crippen molar-refractivity contribution in [2.24, 2.45) is 5.10 Å². The molecule has 0 aliphatic rings. The summed E-state index contributed by atoms with van der Waals surface area (Å²) in [5.74, 6) is 0.176. The third kappa shape index (κ3) is 5.49. The lowest BCUT2D eigenvalue weighted by Gasteiger charge is -2.09. The largest absolute Gasteiger partial charge is 0.488 e. The molecule has 0 atom stereocenters. The lowest BCUT2D eigenvalue weighted by Crippen LogP contribution is -2.17. The number of hydrazone groups is 1. The van der Waals surface area contributed by atoms with Crippen molar-refractivity contribution in [2.45, 2.75) is 13.5 Å². The van der Waals surface area contributed by atoms with Gasteiger partial charge in [-0.25, -0.2) is 5.43 Å². The molecule has 0 aromatic heterocycles. The summed E-state index contributed by atoms with van der Waals surface area (Å²) >= 11 is 0. The highest BCUT2D eigenvalue weighted by molar-refractivity contribution is 5.95. The monoisotopic (exact) mass is 389 g/mol. The van der Waals surface area contributed by atoms with Crippen LogP contribution in [-0.2, 0) is 6.61 Å². The fourth-order valence-electron chi connectivity index (χ4n) is 2.52. The number of carbonyl (C=O) groups is 1. The molecular formula is C22H19N3O4. The summed E-state index contributed by atoms with van der Waals surface area (Å²) < 4.78 is 5.87. The van der Waals surface area contributed by atoms with E-state index in [0.717, 1.165) is 5.56 Å². The van der Waals surface area contributed by atoms with E-state index >= 15 is 0 Å². The zero-order valence-electron chi connectivity index (χ0n) is 15.7. The van der Waals surface area contributed by atoms with Crippen molar-refractivity contribution in [2.75, 3.05) is 0 Å². The molecule has 146 valence electrons. The third-order valence-corrected chi connectivity index (χ3v) is 4.14. The third-order valence-electron chi connectivity index (χ3n) is 4.14. The fourth-order valence-corrected chi connectivity index (χ4v) is 2.52. The SMILES string of the molecule is Cc1ccc(COc2ccccc2/C=N/NC(=O)c2ccc([N+](=O)[O-])cc2)cc1. The number of nitrogens with zero attached hydrogens (tertiary/aromatic N) is 2. The topological polar surface area (TPSA) is 93.8 Å². The number of amides is 1. The van der Waals surface area contributed by atoms with E-state index in [1.807, 2.05) is 55.5 Å². The Morgan fingerprint density at radius 3 is 2.45 bits per heavy atom. The first-order chi connectivity index (χ1) is 14.0. The van der Waals surface area contributed by atoms with Crippen molar-refractivity contribution >= 4 is 17.8 Å². The van der Waals surface area contributed by atoms with Crippen LogP contribution in [0.2, 0.25) is 0 Å². The maximum atomic E-state index is 12.1. The predicted octanol–water partition coefficient (Wildman–Crippen LogP) is 4.25. The van der Waals surface area contributed by atoms with E-state index in [2.05, 4.69) is 10.5 Å². The average molecular weight is 389 g/mol. The molecule has 1 amide bonds. The minimum atomic E-state index is -0.520. The number of rotatable bonds is 7. The van der Waals surface area contributed by atoms with E-state index in [0.29, 0.717) is 17.9 Å². The van der Waals surface area contributed by atoms with Gasteiger partial charge in [-0.3, -0.25) is 14.9 Å². The van der Waals surface area contributed by atoms with Crippen LogP contribution in [0.4, 0.5) is 5.69 Å². The molecule has 3 aromatic rings. The Labute approximate surface area is 167 Å². The number of benzene rings is 3. The second kappa shape index (κ2) is 9.27. The lowest BCUT2D eigenvalue weighted by molar-refractivity contribution is -0.384. The van der Waals surface area contributed by atoms with E-state index in [1.165, 1.54) is 36.0 Å². The maximum absolute atomic E-state index is 12.1. The van der Waals surface area contributed by atoms with E-state index in [9.17, 15) is 14.9 Å². The molecule has 0 unspecified atom stereocenters. The van der Waals surface area contributed by atoms with Gasteiger partial charge in [0.25, 0.3) is 11.6 Å². The highest BCUT2D eigenvalue weighted by atomic mass is 16.6. The molecule has 0 spiro atoms. The van der Waals surface area contributed by atoms with Gasteiger partial charge < -0.3 is 4.74 Å². The number of hydrogen-bond acceptors (Lipinski definition) is 5. The molecule has 0 bridgehead atoms. The van der Waals surface area contributed by atoms with Gasteiger partial charge in [-0.2, -0.15) is 5.10 Å². The number of ether oxygens (including phenoxy) is 1. The number of non-ortho nitro benzene ring substituents is 1. The highest BCUT2D eigenvalue weighted by Gasteiger charge is 2.08. The van der Waals surface area contributed by atoms with Crippen LogP contribution in [0.3, 0.4) is 0 Å². The number of carbonyl (C=O) groups excluding carboxylic acids is 1. The van der Waals surface area contributed by atoms with Gasteiger partial charge in [0, 0.05) is 23.3 Å². The normalized spacial score (nSPS) is 10.7. The number of para-hydroxylation sites is 1. The minimum absolute atomic E-state index is 0.0790. The van der Waals surface area contributed by atoms with Gasteiger partial charge in [0.1, 0.15) is 12.4 Å². The van der Waals surface area contributed by atoms with Gasteiger partial charge in [-0.1, -0.05) is 42.0 Å². The van der Waals surface area contributed by atoms with Gasteiger partial charge in [0.15, 0.2) is 0 Å². The quantitative estimate of drug-likeness (QED) is 0.371. The van der Waals surface area contributed by atoms with Gasteiger partial charge in [0.05, 0.1) is 11.1 Å². The molecule has 0 fully saturated rings. The molecule has 3 aromatic carbocycles. The van der Waals surface area contributed by atoms with Gasteiger partial charge in [0.2, 0.25) is 0 Å². The molecule has 0 saturated carbocycles. The summed E-state index contributed by atoms with van der Waals surface area (Å²) in [5, 5.41) is 14.6. The van der Waals surface area contributed by atoms with E-state index < -0.39 is 10.8 Å². The van der Waals surface area contributed by atoms with Crippen LogP contribution in [-0.4, -0.2) is 17.0 Å². The average Bonchev–Trinajstić information content (AvgIpc) is 2.74. The van der Waals surface area contributed by atoms with Gasteiger partial charge in [-0.05, 0) is 36.8 Å². The molecule has 0 aliphatic heterocycles. The molecule has 0 heterocycles. The fraction of sp³-hybridized carbons (Fsp3) is 0.0909. The van der Waals surface area contributed by atoms with Gasteiger partial charge in [-0.15, -0.1) is 0 Å². The van der Waals surface area contributed by atoms with Crippen LogP contribution >= 0.6 is 0 Å². The molecule has 0 saturated heterocycles. The van der Waals surface area contributed by atoms with Crippen LogP contribution in [0.1, 0.15) is 27.0 Å². The lowest BCUT2D eigenvalue weighted by atomic mass is 10.1. The Morgan fingerprint density at radius 1 is 1.07 bits per heavy atom. The zero-order chi connectivity index (χ0) is 20.6. The second-order valence-corrected chi connectivity index (χ2v) is 6.32. The van der Waals surface area contributed by atoms with Crippen molar-refractivity contribution in [1.82, 2.24) is 5.43 Å². The standard InChI is InChI=1S/C22H19N3O4/c1-16-6-8-17(9-7-16)15-29-21-5-3-2-4-19(21)14-23-24-22(26)18-10-12-20(13-11-18)25(27)28/h2-14H,15H2,1H3,(H,24,26)/b23-14+. The Kier molecular flexibility index (Phi) is 6.32. The Bertz CT molecular complexity index is 1030. The zero-order valence-corrected chi connectivity index (χ0v) is 15.7. The Morgan fingerprint density at radius 2 is 1.76 bits per heavy atom. The molecular weight excluding hydrogens is 370 g/mol. The highest BCUT2D eigenvalue weighted by Crippen LogP contribution is 2.18. The summed E-state index contributed by atoms with van der Waals surface area (Å²) in [6.45, 7) is 2.45. The first-order valence-electron chi connectivity index (χ1n) is 8.88. The maximum Gasteiger partial charge on any atom is 0.271 e. The number of hydrogen-bond donors (Lipinski definition) is 1. The molecule has 7 nitrogen and oxygen atoms in total. The summed E-state index contributed by atoms with van der Waals surface area (Å²) in [4.78, 5) is 22.3. The van der Waals surface area contributed by atoms with Crippen LogP contribution in [0, 0.1) is 17.0 Å². The van der Waals surface area contributed by atoms with Crippen molar-refractivity contribution in [1.29, 1.82) is 0 Å². The van der Waals surface area contributed by atoms with E-state index in [1.54, 1.807) is 0 Å². The first-order valence-corrected chi connectivity index (χ1v) is 8.88. The molecule has 0 aliphatic carbocycles. The van der Waals surface area contributed by atoms with E-state index in [-0.39, 0.29) is 11.3 Å². The number of nitrogens with one attached hydrogen (secondary N) is 1. The van der Waals surface area contributed by atoms with Crippen molar-refractivity contribution in [3.63, 3.8) is 0 Å². The smallest absolute Gasteiger partial charge is 0.271 e. The number of nitro groups is 1. The molecule has 29 heavy (non-hydrogen) atoms. The summed E-state index contributed by atoms with van der Waals surface area (Å²) in [6.07, 6.45) is 1.49. The molecule has 3 rings (SSSR count). The number of nitro benzene ring substituents is 1. The minimum Gasteiger partial charge on any atom is -0.488 e. The Hall–Kier alpha value is -4.00. The van der Waals surface area contributed by atoms with Crippen LogP contribution < -0.4 is 10.2 Å². The first kappa shape index (κ1) is 19.8. The van der Waals surface area contributed by atoms with Crippen LogP contribution in [0.5, 0.6) is 5.75 Å². The van der Waals surface area contributed by atoms with E-state index in [4.69, 9.17) is 4.74 Å². The number of aryl methyl sites for hydroxylation is 1. The summed E-state index contributed by atoms with van der Waals surface area (Å²) in [6, 6.07) is 20.7. The van der Waals surface area contributed by atoms with Crippen LogP contribution in [0.25, 0.3) is 0 Å². The molecule has 7 heteroatoms. The predicted molar refractivity (Wildman–Crippen MR) is 110 cm³/mol.